The monoisotopic (exact) mass is 399 g/mol. The zero-order valence-electron chi connectivity index (χ0n) is 16.8. The van der Waals surface area contributed by atoms with Crippen molar-refractivity contribution in [3.8, 4) is 0 Å². The molecular weight excluding hydrogens is 369 g/mol. The molecule has 1 aromatic carbocycles. The number of sulfonamides is 1. The Morgan fingerprint density at radius 2 is 1.56 bits per heavy atom. The number of rotatable bonds is 6. The predicted octanol–water partition coefficient (Wildman–Crippen LogP) is 3.62. The van der Waals surface area contributed by atoms with Crippen molar-refractivity contribution in [3.63, 3.8) is 0 Å². The fourth-order valence-corrected chi connectivity index (χ4v) is 4.40. The van der Waals surface area contributed by atoms with Crippen molar-refractivity contribution in [1.82, 2.24) is 9.62 Å². The van der Waals surface area contributed by atoms with Crippen molar-refractivity contribution in [3.05, 3.63) is 29.1 Å². The standard InChI is InChI=1S/C19H30FN3O3S/c1-11(2)16-7-14(20)8-17(12(3)4)18(16)21-19(24)22-27(25,26)15-9-23(10-15)13(5)6/h7-8,11-13,15H,9-10H2,1-6H3,(H2,21,22,24). The number of nitrogens with one attached hydrogen (secondary N) is 2. The molecule has 0 saturated carbocycles. The van der Waals surface area contributed by atoms with Crippen molar-refractivity contribution in [2.45, 2.75) is 64.7 Å². The third-order valence-corrected chi connectivity index (χ3v) is 6.57. The topological polar surface area (TPSA) is 78.5 Å². The highest BCUT2D eigenvalue weighted by atomic mass is 32.2. The first-order chi connectivity index (χ1) is 12.4. The minimum absolute atomic E-state index is 0.0312. The van der Waals surface area contributed by atoms with Gasteiger partial charge in [0, 0.05) is 24.8 Å². The summed E-state index contributed by atoms with van der Waals surface area (Å²) in [6.07, 6.45) is 0. The first-order valence-corrected chi connectivity index (χ1v) is 10.9. The van der Waals surface area contributed by atoms with Crippen molar-refractivity contribution < 1.29 is 17.6 Å². The molecule has 2 amide bonds. The maximum Gasteiger partial charge on any atom is 0.332 e. The van der Waals surface area contributed by atoms with E-state index in [2.05, 4.69) is 10.0 Å². The molecule has 0 aromatic heterocycles. The largest absolute Gasteiger partial charge is 0.332 e. The van der Waals surface area contributed by atoms with Gasteiger partial charge in [-0.2, -0.15) is 0 Å². The summed E-state index contributed by atoms with van der Waals surface area (Å²) in [4.78, 5) is 14.4. The number of carbonyl (C=O) groups is 1. The van der Waals surface area contributed by atoms with E-state index in [1.807, 2.05) is 46.4 Å². The minimum Gasteiger partial charge on any atom is -0.307 e. The van der Waals surface area contributed by atoms with Crippen LogP contribution < -0.4 is 10.0 Å². The van der Waals surface area contributed by atoms with Crippen LogP contribution in [0.3, 0.4) is 0 Å². The van der Waals surface area contributed by atoms with Crippen molar-refractivity contribution in [1.29, 1.82) is 0 Å². The summed E-state index contributed by atoms with van der Waals surface area (Å²) >= 11 is 0. The Balaban J connectivity index is 2.18. The quantitative estimate of drug-likeness (QED) is 0.766. The van der Waals surface area contributed by atoms with Crippen molar-refractivity contribution in [2.75, 3.05) is 18.4 Å². The maximum absolute atomic E-state index is 14.0. The van der Waals surface area contributed by atoms with Crippen molar-refractivity contribution >= 4 is 21.7 Å². The molecule has 0 radical (unpaired) electrons. The Kier molecular flexibility index (Phi) is 6.52. The van der Waals surface area contributed by atoms with Crippen LogP contribution in [0, 0.1) is 5.82 Å². The number of amides is 2. The van der Waals surface area contributed by atoms with Crippen LogP contribution in [-0.4, -0.2) is 43.7 Å². The average Bonchev–Trinajstić information content (AvgIpc) is 2.44. The van der Waals surface area contributed by atoms with Crippen LogP contribution in [0.4, 0.5) is 14.9 Å². The highest BCUT2D eigenvalue weighted by Gasteiger charge is 2.39. The summed E-state index contributed by atoms with van der Waals surface area (Å²) < 4.78 is 40.9. The molecule has 2 rings (SSSR count). The lowest BCUT2D eigenvalue weighted by Gasteiger charge is -2.41. The lowest BCUT2D eigenvalue weighted by Crippen LogP contribution is -2.60. The number of likely N-dealkylation sites (tertiary alicyclic amines) is 1. The van der Waals surface area contributed by atoms with Crippen LogP contribution >= 0.6 is 0 Å². The first-order valence-electron chi connectivity index (χ1n) is 9.32. The summed E-state index contributed by atoms with van der Waals surface area (Å²) in [5, 5.41) is 2.05. The summed E-state index contributed by atoms with van der Waals surface area (Å²) in [6.45, 7) is 12.4. The van der Waals surface area contributed by atoms with E-state index in [4.69, 9.17) is 0 Å². The van der Waals surface area contributed by atoms with Crippen LogP contribution in [-0.2, 0) is 10.0 Å². The molecule has 1 aliphatic rings. The lowest BCUT2D eigenvalue weighted by molar-refractivity contribution is 0.141. The first kappa shape index (κ1) is 21.6. The Morgan fingerprint density at radius 1 is 1.07 bits per heavy atom. The van der Waals surface area contributed by atoms with Gasteiger partial charge in [0.1, 0.15) is 11.1 Å². The van der Waals surface area contributed by atoms with E-state index >= 15 is 0 Å². The van der Waals surface area contributed by atoms with Crippen molar-refractivity contribution in [2.24, 2.45) is 0 Å². The van der Waals surface area contributed by atoms with Crippen LogP contribution in [0.1, 0.15) is 64.5 Å². The van der Waals surface area contributed by atoms with Crippen LogP contribution in [0.2, 0.25) is 0 Å². The van der Waals surface area contributed by atoms with Crippen LogP contribution in [0.25, 0.3) is 0 Å². The molecule has 6 nitrogen and oxygen atoms in total. The van der Waals surface area contributed by atoms with Crippen LogP contribution in [0.5, 0.6) is 0 Å². The fraction of sp³-hybridized carbons (Fsp3) is 0.632. The zero-order valence-corrected chi connectivity index (χ0v) is 17.7. The van der Waals surface area contributed by atoms with E-state index in [1.165, 1.54) is 12.1 Å². The molecule has 1 fully saturated rings. The summed E-state index contributed by atoms with van der Waals surface area (Å²) in [5.74, 6) is -0.433. The predicted molar refractivity (Wildman–Crippen MR) is 106 cm³/mol. The minimum atomic E-state index is -3.76. The van der Waals surface area contributed by atoms with E-state index in [0.717, 1.165) is 0 Å². The maximum atomic E-state index is 14.0. The highest BCUT2D eigenvalue weighted by Crippen LogP contribution is 2.33. The van der Waals surface area contributed by atoms with Gasteiger partial charge in [0.05, 0.1) is 0 Å². The Morgan fingerprint density at radius 3 is 1.96 bits per heavy atom. The van der Waals surface area contributed by atoms with Gasteiger partial charge in [-0.25, -0.2) is 22.3 Å². The molecule has 0 unspecified atom stereocenters. The van der Waals surface area contributed by atoms with E-state index in [0.29, 0.717) is 29.9 Å². The number of urea groups is 1. The fourth-order valence-electron chi connectivity index (χ4n) is 3.14. The van der Waals surface area contributed by atoms with Gasteiger partial charge < -0.3 is 5.32 Å². The number of anilines is 1. The normalized spacial score (nSPS) is 16.1. The zero-order chi connectivity index (χ0) is 20.5. The average molecular weight is 400 g/mol. The summed E-state index contributed by atoms with van der Waals surface area (Å²) in [6, 6.07) is 2.22. The van der Waals surface area contributed by atoms with E-state index in [1.54, 1.807) is 0 Å². The Labute approximate surface area is 161 Å². The van der Waals surface area contributed by atoms with Gasteiger partial charge in [-0.1, -0.05) is 27.7 Å². The molecule has 0 aliphatic carbocycles. The highest BCUT2D eigenvalue weighted by molar-refractivity contribution is 7.90. The molecule has 8 heteroatoms. The van der Waals surface area contributed by atoms with Gasteiger partial charge in [-0.15, -0.1) is 0 Å². The SMILES string of the molecule is CC(C)c1cc(F)cc(C(C)C)c1NC(=O)NS(=O)(=O)C1CN(C(C)C)C1. The molecule has 2 N–H and O–H groups in total. The van der Waals surface area contributed by atoms with Gasteiger partial charge in [0.25, 0.3) is 0 Å². The summed E-state index contributed by atoms with van der Waals surface area (Å²) in [5.41, 5.74) is 1.76. The smallest absolute Gasteiger partial charge is 0.307 e. The molecule has 0 atom stereocenters. The lowest BCUT2D eigenvalue weighted by atomic mass is 9.92. The number of nitrogens with zero attached hydrogens (tertiary/aromatic N) is 1. The van der Waals surface area contributed by atoms with Gasteiger partial charge in [0.2, 0.25) is 10.0 Å². The molecule has 1 heterocycles. The molecular formula is C19H30FN3O3S. The third-order valence-electron chi connectivity index (χ3n) is 4.93. The molecule has 0 spiro atoms. The second-order valence-corrected chi connectivity index (χ2v) is 10.0. The van der Waals surface area contributed by atoms with E-state index in [-0.39, 0.29) is 23.7 Å². The Bertz CT molecular complexity index is 771. The molecule has 152 valence electrons. The molecule has 1 aromatic rings. The van der Waals surface area contributed by atoms with Gasteiger partial charge in [0.15, 0.2) is 0 Å². The number of carbonyl (C=O) groups excluding carboxylic acids is 1. The molecule has 1 aliphatic heterocycles. The third kappa shape index (κ3) is 4.99. The number of benzene rings is 1. The van der Waals surface area contributed by atoms with E-state index in [9.17, 15) is 17.6 Å². The molecule has 0 bridgehead atoms. The van der Waals surface area contributed by atoms with Crippen LogP contribution in [0.15, 0.2) is 12.1 Å². The second kappa shape index (κ2) is 8.14. The second-order valence-electron chi connectivity index (χ2n) is 8.04. The summed E-state index contributed by atoms with van der Waals surface area (Å²) in [7, 11) is -3.76. The number of halogens is 1. The van der Waals surface area contributed by atoms with E-state index < -0.39 is 21.3 Å². The molecule has 27 heavy (non-hydrogen) atoms. The molecule has 1 saturated heterocycles. The Hall–Kier alpha value is -1.67. The van der Waals surface area contributed by atoms with Gasteiger partial charge in [-0.05, 0) is 48.9 Å². The van der Waals surface area contributed by atoms with Gasteiger partial charge >= 0.3 is 6.03 Å². The van der Waals surface area contributed by atoms with Gasteiger partial charge in [-0.3, -0.25) is 4.90 Å². The number of hydrogen-bond donors (Lipinski definition) is 2. The number of hydrogen-bond acceptors (Lipinski definition) is 4.